The molecule has 0 radical (unpaired) electrons. The topological polar surface area (TPSA) is 86.8 Å². The monoisotopic (exact) mass is 601 g/mol. The Morgan fingerprint density at radius 3 is 1.98 bits per heavy atom. The van der Waals surface area contributed by atoms with Crippen LogP contribution in [-0.2, 0) is 32.6 Å². The molecule has 9 heteroatoms. The molecule has 4 aromatic rings. The third-order valence-corrected chi connectivity index (χ3v) is 8.88. The third kappa shape index (κ3) is 7.87. The van der Waals surface area contributed by atoms with Crippen molar-refractivity contribution < 1.29 is 22.4 Å². The van der Waals surface area contributed by atoms with Crippen molar-refractivity contribution in [3.63, 3.8) is 0 Å². The van der Waals surface area contributed by atoms with Gasteiger partial charge in [0.05, 0.1) is 10.6 Å². The van der Waals surface area contributed by atoms with E-state index in [2.05, 4.69) is 5.32 Å². The lowest BCUT2D eigenvalue weighted by atomic mass is 10.0. The zero-order valence-electron chi connectivity index (χ0n) is 24.5. The van der Waals surface area contributed by atoms with E-state index < -0.39 is 34.3 Å². The largest absolute Gasteiger partial charge is 0.355 e. The summed E-state index contributed by atoms with van der Waals surface area (Å²) in [5, 5.41) is 2.83. The average Bonchev–Trinajstić information content (AvgIpc) is 3.00. The zero-order valence-corrected chi connectivity index (χ0v) is 25.4. The van der Waals surface area contributed by atoms with Crippen LogP contribution < -0.4 is 9.62 Å². The van der Waals surface area contributed by atoms with Crippen LogP contribution in [0.5, 0.6) is 0 Å². The fourth-order valence-electron chi connectivity index (χ4n) is 4.74. The first-order valence-corrected chi connectivity index (χ1v) is 15.5. The van der Waals surface area contributed by atoms with Gasteiger partial charge in [-0.2, -0.15) is 0 Å². The maximum Gasteiger partial charge on any atom is 0.264 e. The van der Waals surface area contributed by atoms with Crippen molar-refractivity contribution in [3.05, 3.63) is 131 Å². The predicted octanol–water partition coefficient (Wildman–Crippen LogP) is 5.41. The molecule has 4 aromatic carbocycles. The highest BCUT2D eigenvalue weighted by Gasteiger charge is 2.35. The molecule has 0 fully saturated rings. The summed E-state index contributed by atoms with van der Waals surface area (Å²) in [6.07, 6.45) is 0.203. The van der Waals surface area contributed by atoms with Crippen LogP contribution in [0, 0.1) is 19.7 Å². The van der Waals surface area contributed by atoms with Gasteiger partial charge in [-0.05, 0) is 56.2 Å². The van der Waals surface area contributed by atoms with Gasteiger partial charge in [0.15, 0.2) is 0 Å². The van der Waals surface area contributed by atoms with Crippen LogP contribution in [0.1, 0.15) is 29.2 Å². The summed E-state index contributed by atoms with van der Waals surface area (Å²) in [7, 11) is -4.37. The summed E-state index contributed by atoms with van der Waals surface area (Å²) in [6.45, 7) is 5.24. The van der Waals surface area contributed by atoms with Gasteiger partial charge >= 0.3 is 0 Å². The SMILES string of the molecule is CCNC(=O)[C@@H](Cc1ccccc1)N(Cc1ccc(C)cc1)C(=O)CN(c1ccccc1F)S(=O)(=O)c1ccc(C)cc1. The van der Waals surface area contributed by atoms with Crippen LogP contribution in [0.2, 0.25) is 0 Å². The second-order valence-electron chi connectivity index (χ2n) is 10.4. The standard InChI is InChI=1S/C34H36FN3O4S/c1-4-36-34(40)32(22-27-10-6-5-7-11-27)37(23-28-18-14-25(2)15-19-28)33(39)24-38(31-13-9-8-12-30(31)35)43(41,42)29-20-16-26(3)17-21-29/h5-21,32H,4,22-24H2,1-3H3,(H,36,40)/t32-/m1/s1. The number of carbonyl (C=O) groups excluding carboxylic acids is 2. The van der Waals surface area contributed by atoms with Gasteiger partial charge in [-0.1, -0.05) is 90.0 Å². The fraction of sp³-hybridized carbons (Fsp3) is 0.235. The Hall–Kier alpha value is -4.50. The molecule has 0 heterocycles. The van der Waals surface area contributed by atoms with Gasteiger partial charge < -0.3 is 10.2 Å². The molecule has 0 saturated heterocycles. The first-order chi connectivity index (χ1) is 20.6. The number of carbonyl (C=O) groups is 2. The molecule has 0 unspecified atom stereocenters. The van der Waals surface area contributed by atoms with Crippen LogP contribution in [-0.4, -0.2) is 44.3 Å². The Morgan fingerprint density at radius 2 is 1.37 bits per heavy atom. The number of hydrogen-bond donors (Lipinski definition) is 1. The van der Waals surface area contributed by atoms with E-state index >= 15 is 4.39 Å². The summed E-state index contributed by atoms with van der Waals surface area (Å²) in [6, 6.07) is 27.5. The first-order valence-electron chi connectivity index (χ1n) is 14.1. The van der Waals surface area contributed by atoms with E-state index in [1.807, 2.05) is 68.4 Å². The number of anilines is 1. The van der Waals surface area contributed by atoms with E-state index in [1.165, 1.54) is 35.2 Å². The van der Waals surface area contributed by atoms with Crippen molar-refractivity contribution in [2.45, 2.75) is 44.7 Å². The lowest BCUT2D eigenvalue weighted by molar-refractivity contribution is -0.140. The Labute approximate surface area is 253 Å². The molecule has 0 spiro atoms. The molecule has 0 aliphatic heterocycles. The molecule has 7 nitrogen and oxygen atoms in total. The smallest absolute Gasteiger partial charge is 0.264 e. The fourth-order valence-corrected chi connectivity index (χ4v) is 6.16. The molecular formula is C34H36FN3O4S. The van der Waals surface area contributed by atoms with Crippen molar-refractivity contribution in [2.24, 2.45) is 0 Å². The minimum Gasteiger partial charge on any atom is -0.355 e. The van der Waals surface area contributed by atoms with E-state index in [1.54, 1.807) is 19.1 Å². The molecule has 0 aromatic heterocycles. The second kappa shape index (κ2) is 14.1. The lowest BCUT2D eigenvalue weighted by Crippen LogP contribution is -2.53. The first kappa shape index (κ1) is 31.4. The lowest BCUT2D eigenvalue weighted by Gasteiger charge is -2.34. The van der Waals surface area contributed by atoms with Gasteiger partial charge in [0.2, 0.25) is 11.8 Å². The van der Waals surface area contributed by atoms with E-state index in [-0.39, 0.29) is 29.5 Å². The van der Waals surface area contributed by atoms with Gasteiger partial charge in [-0.25, -0.2) is 12.8 Å². The third-order valence-electron chi connectivity index (χ3n) is 7.10. The number of aryl methyl sites for hydroxylation is 2. The minimum absolute atomic E-state index is 0.0451. The zero-order chi connectivity index (χ0) is 31.0. The molecule has 0 bridgehead atoms. The molecule has 0 saturated carbocycles. The number of para-hydroxylation sites is 1. The summed E-state index contributed by atoms with van der Waals surface area (Å²) >= 11 is 0. The maximum atomic E-state index is 15.2. The number of sulfonamides is 1. The summed E-state index contributed by atoms with van der Waals surface area (Å²) in [5.41, 5.74) is 3.21. The highest BCUT2D eigenvalue weighted by molar-refractivity contribution is 7.92. The van der Waals surface area contributed by atoms with Crippen LogP contribution in [0.25, 0.3) is 0 Å². The number of halogens is 1. The van der Waals surface area contributed by atoms with E-state index in [0.29, 0.717) is 6.54 Å². The van der Waals surface area contributed by atoms with Crippen molar-refractivity contribution in [1.29, 1.82) is 0 Å². The number of nitrogens with zero attached hydrogens (tertiary/aromatic N) is 2. The summed E-state index contributed by atoms with van der Waals surface area (Å²) in [5.74, 6) is -1.81. The highest BCUT2D eigenvalue weighted by atomic mass is 32.2. The Kier molecular flexibility index (Phi) is 10.3. The highest BCUT2D eigenvalue weighted by Crippen LogP contribution is 2.27. The number of rotatable bonds is 12. The van der Waals surface area contributed by atoms with Crippen LogP contribution in [0.4, 0.5) is 10.1 Å². The van der Waals surface area contributed by atoms with Crippen molar-refractivity contribution in [1.82, 2.24) is 10.2 Å². The van der Waals surface area contributed by atoms with Gasteiger partial charge in [0, 0.05) is 19.5 Å². The second-order valence-corrected chi connectivity index (χ2v) is 12.2. The molecule has 1 N–H and O–H groups in total. The van der Waals surface area contributed by atoms with Gasteiger partial charge in [-0.3, -0.25) is 13.9 Å². The molecule has 43 heavy (non-hydrogen) atoms. The summed E-state index contributed by atoms with van der Waals surface area (Å²) in [4.78, 5) is 29.1. The molecule has 0 aliphatic rings. The van der Waals surface area contributed by atoms with Crippen LogP contribution >= 0.6 is 0 Å². The predicted molar refractivity (Wildman–Crippen MR) is 166 cm³/mol. The van der Waals surface area contributed by atoms with Gasteiger partial charge in [0.1, 0.15) is 18.4 Å². The normalized spacial score (nSPS) is 11.9. The Bertz CT molecular complexity index is 1640. The average molecular weight is 602 g/mol. The molecule has 1 atom stereocenters. The van der Waals surface area contributed by atoms with Gasteiger partial charge in [0.25, 0.3) is 10.0 Å². The van der Waals surface area contributed by atoms with Crippen LogP contribution in [0.15, 0.2) is 108 Å². The molecule has 224 valence electrons. The summed E-state index contributed by atoms with van der Waals surface area (Å²) < 4.78 is 43.9. The van der Waals surface area contributed by atoms with Crippen molar-refractivity contribution in [3.8, 4) is 0 Å². The molecular weight excluding hydrogens is 565 g/mol. The maximum absolute atomic E-state index is 15.2. The number of benzene rings is 4. The molecule has 0 aliphatic carbocycles. The van der Waals surface area contributed by atoms with Crippen molar-refractivity contribution in [2.75, 3.05) is 17.4 Å². The molecule has 4 rings (SSSR count). The van der Waals surface area contributed by atoms with E-state index in [0.717, 1.165) is 32.6 Å². The minimum atomic E-state index is -4.37. The molecule has 2 amide bonds. The number of likely N-dealkylation sites (N-methyl/N-ethyl adjacent to an activating group) is 1. The Balaban J connectivity index is 1.80. The quantitative estimate of drug-likeness (QED) is 0.235. The van der Waals surface area contributed by atoms with E-state index in [9.17, 15) is 18.0 Å². The Morgan fingerprint density at radius 1 is 0.791 bits per heavy atom. The number of amides is 2. The van der Waals surface area contributed by atoms with Gasteiger partial charge in [-0.15, -0.1) is 0 Å². The number of hydrogen-bond acceptors (Lipinski definition) is 4. The van der Waals surface area contributed by atoms with Crippen LogP contribution in [0.3, 0.4) is 0 Å². The number of nitrogens with one attached hydrogen (secondary N) is 1. The van der Waals surface area contributed by atoms with Crippen molar-refractivity contribution >= 4 is 27.5 Å². The van der Waals surface area contributed by atoms with E-state index in [4.69, 9.17) is 0 Å².